The molecule has 4 nitrogen and oxygen atoms in total. The van der Waals surface area contributed by atoms with Gasteiger partial charge in [0.2, 0.25) is 0 Å². The van der Waals surface area contributed by atoms with Crippen LogP contribution in [0, 0.1) is 5.92 Å². The third kappa shape index (κ3) is 12.7. The van der Waals surface area contributed by atoms with Crippen molar-refractivity contribution >= 4 is 11.9 Å². The molecule has 0 radical (unpaired) electrons. The smallest absolute Gasteiger partial charge is 0.308 e. The normalized spacial score (nSPS) is 12.1. The van der Waals surface area contributed by atoms with Crippen LogP contribution in [0.4, 0.5) is 0 Å². The average molecular weight is 314 g/mol. The van der Waals surface area contributed by atoms with E-state index in [9.17, 15) is 9.59 Å². The van der Waals surface area contributed by atoms with E-state index >= 15 is 0 Å². The maximum Gasteiger partial charge on any atom is 0.308 e. The van der Waals surface area contributed by atoms with E-state index in [4.69, 9.17) is 9.84 Å². The summed E-state index contributed by atoms with van der Waals surface area (Å²) in [6.07, 6.45) is 11.2. The molecule has 0 saturated heterocycles. The summed E-state index contributed by atoms with van der Waals surface area (Å²) >= 11 is 0. The van der Waals surface area contributed by atoms with Gasteiger partial charge >= 0.3 is 11.9 Å². The minimum absolute atomic E-state index is 0.0206. The van der Waals surface area contributed by atoms with Gasteiger partial charge in [0.1, 0.15) is 0 Å². The molecule has 0 aromatic rings. The number of aliphatic carboxylic acids is 1. The lowest BCUT2D eigenvalue weighted by molar-refractivity contribution is -0.149. The van der Waals surface area contributed by atoms with Crippen molar-refractivity contribution in [2.24, 2.45) is 5.92 Å². The lowest BCUT2D eigenvalue weighted by atomic mass is 9.95. The summed E-state index contributed by atoms with van der Waals surface area (Å²) < 4.78 is 5.36. The molecule has 1 N–H and O–H groups in total. The molecule has 0 aromatic heterocycles. The highest BCUT2D eigenvalue weighted by Crippen LogP contribution is 2.19. The number of esters is 1. The molecule has 0 aliphatic rings. The highest BCUT2D eigenvalue weighted by atomic mass is 16.5. The minimum Gasteiger partial charge on any atom is -0.481 e. The Kier molecular flexibility index (Phi) is 14.1. The summed E-state index contributed by atoms with van der Waals surface area (Å²) in [6.45, 7) is 4.78. The maximum atomic E-state index is 12.1. The van der Waals surface area contributed by atoms with Crippen LogP contribution in [0.1, 0.15) is 90.9 Å². The maximum absolute atomic E-state index is 12.1. The first kappa shape index (κ1) is 20.9. The number of unbranched alkanes of at least 4 members (excludes halogenated alkanes) is 6. The molecular weight excluding hydrogens is 280 g/mol. The molecule has 4 heteroatoms. The first-order valence-electron chi connectivity index (χ1n) is 9.00. The summed E-state index contributed by atoms with van der Waals surface area (Å²) in [6, 6.07) is 0. The quantitative estimate of drug-likeness (QED) is 0.343. The third-order valence-electron chi connectivity index (χ3n) is 3.92. The van der Waals surface area contributed by atoms with Crippen LogP contribution in [-0.2, 0) is 14.3 Å². The van der Waals surface area contributed by atoms with Gasteiger partial charge in [-0.05, 0) is 25.7 Å². The van der Waals surface area contributed by atoms with E-state index in [2.05, 4.69) is 13.8 Å². The Hall–Kier alpha value is -1.06. The first-order valence-corrected chi connectivity index (χ1v) is 9.00. The number of hydrogen-bond donors (Lipinski definition) is 1. The van der Waals surface area contributed by atoms with Gasteiger partial charge in [-0.1, -0.05) is 58.8 Å². The fourth-order valence-corrected chi connectivity index (χ4v) is 2.46. The van der Waals surface area contributed by atoms with Gasteiger partial charge in [0.25, 0.3) is 0 Å². The highest BCUT2D eigenvalue weighted by molar-refractivity contribution is 5.72. The lowest BCUT2D eigenvalue weighted by Crippen LogP contribution is -2.18. The van der Waals surface area contributed by atoms with E-state index in [-0.39, 0.29) is 18.3 Å². The molecule has 0 spiro atoms. The third-order valence-corrected chi connectivity index (χ3v) is 3.92. The Morgan fingerprint density at radius 2 is 1.45 bits per heavy atom. The van der Waals surface area contributed by atoms with Crippen molar-refractivity contribution in [1.29, 1.82) is 0 Å². The summed E-state index contributed by atoms with van der Waals surface area (Å²) in [4.78, 5) is 22.5. The molecule has 130 valence electrons. The standard InChI is InChI=1S/C18H34O4/c1-3-5-12-16(18(21)22-15-6-4-2)13-10-8-7-9-11-14-17(19)20/h16H,3-15H2,1-2H3,(H,19,20). The predicted octanol–water partition coefficient (Wildman–Crippen LogP) is 4.95. The van der Waals surface area contributed by atoms with Crippen molar-refractivity contribution in [2.75, 3.05) is 6.61 Å². The number of carbonyl (C=O) groups excluding carboxylic acids is 1. The van der Waals surface area contributed by atoms with Crippen LogP contribution >= 0.6 is 0 Å². The highest BCUT2D eigenvalue weighted by Gasteiger charge is 2.18. The van der Waals surface area contributed by atoms with Gasteiger partial charge < -0.3 is 9.84 Å². The number of hydrogen-bond acceptors (Lipinski definition) is 3. The van der Waals surface area contributed by atoms with Crippen molar-refractivity contribution in [2.45, 2.75) is 90.9 Å². The fraction of sp³-hybridized carbons (Fsp3) is 0.889. The van der Waals surface area contributed by atoms with Gasteiger partial charge in [0, 0.05) is 6.42 Å². The van der Waals surface area contributed by atoms with Crippen molar-refractivity contribution < 1.29 is 19.4 Å². The Bertz CT molecular complexity index is 289. The lowest BCUT2D eigenvalue weighted by Gasteiger charge is -2.15. The van der Waals surface area contributed by atoms with Gasteiger partial charge in [-0.15, -0.1) is 0 Å². The van der Waals surface area contributed by atoms with Crippen LogP contribution in [0.2, 0.25) is 0 Å². The van der Waals surface area contributed by atoms with Crippen LogP contribution in [0.5, 0.6) is 0 Å². The second kappa shape index (κ2) is 14.9. The van der Waals surface area contributed by atoms with Crippen LogP contribution < -0.4 is 0 Å². The molecule has 22 heavy (non-hydrogen) atoms. The molecule has 0 bridgehead atoms. The zero-order valence-electron chi connectivity index (χ0n) is 14.4. The van der Waals surface area contributed by atoms with Crippen LogP contribution in [0.25, 0.3) is 0 Å². The zero-order valence-corrected chi connectivity index (χ0v) is 14.4. The molecule has 1 atom stereocenters. The Morgan fingerprint density at radius 3 is 2.09 bits per heavy atom. The molecule has 1 unspecified atom stereocenters. The molecule has 0 fully saturated rings. The second-order valence-electron chi connectivity index (χ2n) is 6.06. The summed E-state index contributed by atoms with van der Waals surface area (Å²) in [5.74, 6) is -0.682. The van der Waals surface area contributed by atoms with E-state index in [1.165, 1.54) is 0 Å². The number of carbonyl (C=O) groups is 2. The molecular formula is C18H34O4. The first-order chi connectivity index (χ1) is 10.6. The van der Waals surface area contributed by atoms with Crippen molar-refractivity contribution in [3.8, 4) is 0 Å². The molecule has 0 aromatic carbocycles. The molecule has 0 aliphatic heterocycles. The van der Waals surface area contributed by atoms with E-state index in [0.29, 0.717) is 6.61 Å². The number of rotatable bonds is 15. The number of ether oxygens (including phenoxy) is 1. The Labute approximate surface area is 135 Å². The second-order valence-corrected chi connectivity index (χ2v) is 6.06. The van der Waals surface area contributed by atoms with Crippen molar-refractivity contribution in [1.82, 2.24) is 0 Å². The Balaban J connectivity index is 3.83. The van der Waals surface area contributed by atoms with Crippen LogP contribution in [-0.4, -0.2) is 23.7 Å². The van der Waals surface area contributed by atoms with Crippen LogP contribution in [0.3, 0.4) is 0 Å². The summed E-state index contributed by atoms with van der Waals surface area (Å²) in [5.41, 5.74) is 0. The topological polar surface area (TPSA) is 63.6 Å². The number of carboxylic acid groups (broad SMARTS) is 1. The monoisotopic (exact) mass is 314 g/mol. The molecule has 0 rings (SSSR count). The van der Waals surface area contributed by atoms with Gasteiger partial charge in [-0.3, -0.25) is 9.59 Å². The van der Waals surface area contributed by atoms with Gasteiger partial charge in [-0.25, -0.2) is 0 Å². The SMILES string of the molecule is CCCCOC(=O)C(CCCC)CCCCCCCC(=O)O. The van der Waals surface area contributed by atoms with Gasteiger partial charge in [0.15, 0.2) is 0 Å². The predicted molar refractivity (Wildman–Crippen MR) is 88.8 cm³/mol. The largest absolute Gasteiger partial charge is 0.481 e. The minimum atomic E-state index is -0.713. The average Bonchev–Trinajstić information content (AvgIpc) is 2.49. The summed E-state index contributed by atoms with van der Waals surface area (Å²) in [7, 11) is 0. The van der Waals surface area contributed by atoms with Gasteiger partial charge in [-0.2, -0.15) is 0 Å². The summed E-state index contributed by atoms with van der Waals surface area (Å²) in [5, 5.41) is 8.57. The van der Waals surface area contributed by atoms with Crippen LogP contribution in [0.15, 0.2) is 0 Å². The van der Waals surface area contributed by atoms with E-state index in [1.54, 1.807) is 0 Å². The molecule has 0 aliphatic carbocycles. The molecule has 0 amide bonds. The van der Waals surface area contributed by atoms with E-state index in [1.807, 2.05) is 0 Å². The van der Waals surface area contributed by atoms with Crippen molar-refractivity contribution in [3.63, 3.8) is 0 Å². The number of carboxylic acids is 1. The Morgan fingerprint density at radius 1 is 0.864 bits per heavy atom. The molecule has 0 heterocycles. The van der Waals surface area contributed by atoms with Crippen molar-refractivity contribution in [3.05, 3.63) is 0 Å². The van der Waals surface area contributed by atoms with Gasteiger partial charge in [0.05, 0.1) is 12.5 Å². The van der Waals surface area contributed by atoms with E-state index in [0.717, 1.165) is 70.6 Å². The van der Waals surface area contributed by atoms with E-state index < -0.39 is 5.97 Å². The fourth-order valence-electron chi connectivity index (χ4n) is 2.46. The zero-order chi connectivity index (χ0) is 16.6. The molecule has 0 saturated carbocycles.